The van der Waals surface area contributed by atoms with Crippen LogP contribution in [0.2, 0.25) is 0 Å². The minimum Gasteiger partial charge on any atom is -0.465 e. The fourth-order valence-corrected chi connectivity index (χ4v) is 1.78. The predicted molar refractivity (Wildman–Crippen MR) is 65.2 cm³/mol. The lowest BCUT2D eigenvalue weighted by Gasteiger charge is -2.05. The molecule has 0 saturated heterocycles. The third-order valence-electron chi connectivity index (χ3n) is 2.71. The van der Waals surface area contributed by atoms with Gasteiger partial charge in [-0.2, -0.15) is 0 Å². The number of hydrogen-bond acceptors (Lipinski definition) is 2. The fraction of sp³-hybridized carbons (Fsp3) is 0.286. The lowest BCUT2D eigenvalue weighted by molar-refractivity contribution is 0.461. The van der Waals surface area contributed by atoms with Crippen LogP contribution in [0.15, 0.2) is 34.7 Å². The van der Waals surface area contributed by atoms with Gasteiger partial charge >= 0.3 is 0 Å². The SMILES string of the molecule is Cc1ccc(CNCCc2c(F)cccc2F)o1. The van der Waals surface area contributed by atoms with Gasteiger partial charge in [0.25, 0.3) is 0 Å². The molecular formula is C14H15F2NO. The Kier molecular flexibility index (Phi) is 4.10. The second-order valence-electron chi connectivity index (χ2n) is 4.14. The normalized spacial score (nSPS) is 10.8. The van der Waals surface area contributed by atoms with Crippen molar-refractivity contribution in [3.05, 3.63) is 59.1 Å². The van der Waals surface area contributed by atoms with Crippen molar-refractivity contribution in [2.45, 2.75) is 19.9 Å². The third-order valence-corrected chi connectivity index (χ3v) is 2.71. The van der Waals surface area contributed by atoms with Crippen molar-refractivity contribution in [1.29, 1.82) is 0 Å². The summed E-state index contributed by atoms with van der Waals surface area (Å²) in [6, 6.07) is 7.68. The Hall–Kier alpha value is -1.68. The molecule has 1 aromatic carbocycles. The quantitative estimate of drug-likeness (QED) is 0.825. The monoisotopic (exact) mass is 251 g/mol. The maximum atomic E-state index is 13.3. The average molecular weight is 251 g/mol. The van der Waals surface area contributed by atoms with Gasteiger partial charge in [-0.3, -0.25) is 0 Å². The number of benzene rings is 1. The molecule has 0 atom stereocenters. The molecular weight excluding hydrogens is 236 g/mol. The molecule has 0 fully saturated rings. The lowest BCUT2D eigenvalue weighted by atomic mass is 10.1. The Balaban J connectivity index is 1.82. The Labute approximate surface area is 105 Å². The molecule has 0 aliphatic heterocycles. The van der Waals surface area contributed by atoms with E-state index in [4.69, 9.17) is 4.42 Å². The lowest BCUT2D eigenvalue weighted by Crippen LogP contribution is -2.17. The van der Waals surface area contributed by atoms with Crippen LogP contribution in [0.1, 0.15) is 17.1 Å². The first-order chi connectivity index (χ1) is 8.66. The third kappa shape index (κ3) is 3.17. The van der Waals surface area contributed by atoms with Crippen molar-refractivity contribution in [3.63, 3.8) is 0 Å². The van der Waals surface area contributed by atoms with Crippen LogP contribution in [0.25, 0.3) is 0 Å². The number of halogens is 2. The molecule has 2 nitrogen and oxygen atoms in total. The molecule has 0 amide bonds. The largest absolute Gasteiger partial charge is 0.465 e. The smallest absolute Gasteiger partial charge is 0.129 e. The zero-order valence-electron chi connectivity index (χ0n) is 10.2. The molecule has 0 bridgehead atoms. The molecule has 1 aromatic heterocycles. The van der Waals surface area contributed by atoms with Gasteiger partial charge in [-0.05, 0) is 44.2 Å². The summed E-state index contributed by atoms with van der Waals surface area (Å²) >= 11 is 0. The minimum absolute atomic E-state index is 0.126. The molecule has 96 valence electrons. The van der Waals surface area contributed by atoms with Crippen molar-refractivity contribution in [2.75, 3.05) is 6.54 Å². The maximum Gasteiger partial charge on any atom is 0.129 e. The van der Waals surface area contributed by atoms with Crippen LogP contribution in [0.5, 0.6) is 0 Å². The molecule has 0 unspecified atom stereocenters. The van der Waals surface area contributed by atoms with Crippen LogP contribution >= 0.6 is 0 Å². The molecule has 2 rings (SSSR count). The molecule has 4 heteroatoms. The van der Waals surface area contributed by atoms with Crippen LogP contribution < -0.4 is 5.32 Å². The summed E-state index contributed by atoms with van der Waals surface area (Å²) in [5, 5.41) is 3.09. The van der Waals surface area contributed by atoms with Gasteiger partial charge in [0.2, 0.25) is 0 Å². The zero-order valence-corrected chi connectivity index (χ0v) is 10.2. The molecule has 0 aliphatic rings. The van der Waals surface area contributed by atoms with Gasteiger partial charge in [0.15, 0.2) is 0 Å². The van der Waals surface area contributed by atoms with E-state index in [0.717, 1.165) is 11.5 Å². The molecule has 2 aromatic rings. The molecule has 0 aliphatic carbocycles. The van der Waals surface area contributed by atoms with E-state index in [1.807, 2.05) is 19.1 Å². The van der Waals surface area contributed by atoms with Gasteiger partial charge in [0.05, 0.1) is 6.54 Å². The van der Waals surface area contributed by atoms with Gasteiger partial charge in [0, 0.05) is 5.56 Å². The van der Waals surface area contributed by atoms with Crippen LogP contribution in [-0.2, 0) is 13.0 Å². The number of hydrogen-bond donors (Lipinski definition) is 1. The summed E-state index contributed by atoms with van der Waals surface area (Å²) in [7, 11) is 0. The Morgan fingerprint density at radius 2 is 1.83 bits per heavy atom. The molecule has 0 saturated carbocycles. The number of rotatable bonds is 5. The first-order valence-electron chi connectivity index (χ1n) is 5.86. The van der Waals surface area contributed by atoms with Crippen LogP contribution in [0.3, 0.4) is 0 Å². The highest BCUT2D eigenvalue weighted by Gasteiger charge is 2.07. The maximum absolute atomic E-state index is 13.3. The Bertz CT molecular complexity index is 502. The summed E-state index contributed by atoms with van der Waals surface area (Å²) in [5.74, 6) is 0.685. The van der Waals surface area contributed by atoms with E-state index in [0.29, 0.717) is 19.5 Å². The summed E-state index contributed by atoms with van der Waals surface area (Å²) in [4.78, 5) is 0. The van der Waals surface area contributed by atoms with Gasteiger partial charge in [-0.25, -0.2) is 8.78 Å². The van der Waals surface area contributed by atoms with Crippen LogP contribution in [0.4, 0.5) is 8.78 Å². The van der Waals surface area contributed by atoms with Crippen molar-refractivity contribution in [1.82, 2.24) is 5.32 Å². The summed E-state index contributed by atoms with van der Waals surface area (Å²) in [6.07, 6.45) is 0.318. The highest BCUT2D eigenvalue weighted by atomic mass is 19.1. The van der Waals surface area contributed by atoms with E-state index in [9.17, 15) is 8.78 Å². The van der Waals surface area contributed by atoms with Gasteiger partial charge in [-0.15, -0.1) is 0 Å². The van der Waals surface area contributed by atoms with E-state index in [1.165, 1.54) is 18.2 Å². The van der Waals surface area contributed by atoms with Crippen molar-refractivity contribution >= 4 is 0 Å². The number of aryl methyl sites for hydroxylation is 1. The summed E-state index contributed by atoms with van der Waals surface area (Å²) in [5.41, 5.74) is 0.126. The van der Waals surface area contributed by atoms with E-state index in [-0.39, 0.29) is 5.56 Å². The first-order valence-corrected chi connectivity index (χ1v) is 5.86. The topological polar surface area (TPSA) is 25.2 Å². The first kappa shape index (κ1) is 12.8. The Morgan fingerprint density at radius 3 is 2.44 bits per heavy atom. The van der Waals surface area contributed by atoms with Crippen molar-refractivity contribution in [2.24, 2.45) is 0 Å². The Morgan fingerprint density at radius 1 is 1.11 bits per heavy atom. The van der Waals surface area contributed by atoms with E-state index >= 15 is 0 Å². The molecule has 1 heterocycles. The fourth-order valence-electron chi connectivity index (χ4n) is 1.78. The molecule has 0 radical (unpaired) electrons. The van der Waals surface area contributed by atoms with E-state index in [1.54, 1.807) is 0 Å². The highest BCUT2D eigenvalue weighted by Crippen LogP contribution is 2.12. The highest BCUT2D eigenvalue weighted by molar-refractivity contribution is 5.19. The van der Waals surface area contributed by atoms with Crippen molar-refractivity contribution in [3.8, 4) is 0 Å². The second kappa shape index (κ2) is 5.78. The van der Waals surface area contributed by atoms with Gasteiger partial charge in [-0.1, -0.05) is 6.07 Å². The van der Waals surface area contributed by atoms with Crippen LogP contribution in [-0.4, -0.2) is 6.54 Å². The molecule has 1 N–H and O–H groups in total. The second-order valence-corrected chi connectivity index (χ2v) is 4.14. The number of furan rings is 1. The summed E-state index contributed by atoms with van der Waals surface area (Å²) in [6.45, 7) is 2.93. The standard InChI is InChI=1S/C14H15F2NO/c1-10-5-6-11(18-10)9-17-8-7-12-13(15)3-2-4-14(12)16/h2-6,17H,7-9H2,1H3. The molecule has 0 spiro atoms. The molecule has 18 heavy (non-hydrogen) atoms. The predicted octanol–water partition coefficient (Wildman–Crippen LogP) is 3.20. The van der Waals surface area contributed by atoms with Gasteiger partial charge in [0.1, 0.15) is 23.2 Å². The van der Waals surface area contributed by atoms with Crippen molar-refractivity contribution < 1.29 is 13.2 Å². The van der Waals surface area contributed by atoms with E-state index < -0.39 is 11.6 Å². The average Bonchev–Trinajstić information content (AvgIpc) is 2.73. The van der Waals surface area contributed by atoms with Gasteiger partial charge < -0.3 is 9.73 Å². The summed E-state index contributed by atoms with van der Waals surface area (Å²) < 4.78 is 32.0. The zero-order chi connectivity index (χ0) is 13.0. The minimum atomic E-state index is -0.495. The number of nitrogens with one attached hydrogen (secondary N) is 1. The van der Waals surface area contributed by atoms with Crippen LogP contribution in [0, 0.1) is 18.6 Å². The van der Waals surface area contributed by atoms with E-state index in [2.05, 4.69) is 5.32 Å².